The van der Waals surface area contributed by atoms with E-state index < -0.39 is 0 Å². The first-order valence-electron chi connectivity index (χ1n) is 5.66. The van der Waals surface area contributed by atoms with Crippen LogP contribution in [0.4, 0.5) is 10.1 Å². The average molecular weight is 259 g/mol. The van der Waals surface area contributed by atoms with E-state index in [-0.39, 0.29) is 11.4 Å². The molecule has 1 aliphatic heterocycles. The van der Waals surface area contributed by atoms with Crippen LogP contribution < -0.4 is 11.1 Å². The Morgan fingerprint density at radius 1 is 1.53 bits per heavy atom. The molecule has 1 heterocycles. The van der Waals surface area contributed by atoms with Gasteiger partial charge in [0.25, 0.3) is 0 Å². The molecule has 0 spiro atoms. The molecule has 0 aliphatic carbocycles. The van der Waals surface area contributed by atoms with Crippen molar-refractivity contribution in [2.45, 2.75) is 18.4 Å². The van der Waals surface area contributed by atoms with Gasteiger partial charge in [0.05, 0.1) is 22.9 Å². The van der Waals surface area contributed by atoms with Crippen LogP contribution in [0, 0.1) is 5.82 Å². The number of benzene rings is 1. The van der Waals surface area contributed by atoms with Crippen molar-refractivity contribution in [1.82, 2.24) is 0 Å². The third-order valence-electron chi connectivity index (χ3n) is 3.04. The average Bonchev–Trinajstić information content (AvgIpc) is 2.35. The molecule has 3 N–H and O–H groups in total. The van der Waals surface area contributed by atoms with Gasteiger partial charge in [-0.15, -0.1) is 0 Å². The third-order valence-corrected chi connectivity index (χ3v) is 3.37. The number of hydrogen-bond acceptors (Lipinski definition) is 3. The maximum absolute atomic E-state index is 13.2. The molecule has 1 aromatic rings. The van der Waals surface area contributed by atoms with Crippen molar-refractivity contribution in [3.8, 4) is 0 Å². The molecule has 0 amide bonds. The Labute approximate surface area is 105 Å². The molecular formula is C12H16ClFN2O. The normalized spacial score (nSPS) is 24.6. The molecule has 1 atom stereocenters. The number of hydrogen-bond donors (Lipinski definition) is 2. The molecule has 2 rings (SSSR count). The standard InChI is InChI=1S/C12H16ClFN2O/c13-10-3-2-9(14)6-11(10)16-12(7-15)4-1-5-17-8-12/h2-3,6,16H,1,4-5,7-8,15H2. The molecule has 1 aliphatic rings. The maximum atomic E-state index is 13.2. The Hall–Kier alpha value is -0.840. The van der Waals surface area contributed by atoms with E-state index in [0.717, 1.165) is 19.4 Å². The Balaban J connectivity index is 2.20. The highest BCUT2D eigenvalue weighted by molar-refractivity contribution is 6.33. The van der Waals surface area contributed by atoms with Crippen molar-refractivity contribution in [3.05, 3.63) is 29.0 Å². The fraction of sp³-hybridized carbons (Fsp3) is 0.500. The molecule has 94 valence electrons. The van der Waals surface area contributed by atoms with Crippen LogP contribution in [-0.4, -0.2) is 25.3 Å². The van der Waals surface area contributed by atoms with Gasteiger partial charge >= 0.3 is 0 Å². The minimum atomic E-state index is -0.338. The van der Waals surface area contributed by atoms with Crippen molar-refractivity contribution < 1.29 is 9.13 Å². The van der Waals surface area contributed by atoms with Crippen molar-refractivity contribution >= 4 is 17.3 Å². The van der Waals surface area contributed by atoms with Crippen LogP contribution >= 0.6 is 11.6 Å². The van der Waals surface area contributed by atoms with E-state index in [9.17, 15) is 4.39 Å². The maximum Gasteiger partial charge on any atom is 0.125 e. The molecule has 5 heteroatoms. The van der Waals surface area contributed by atoms with Crippen LogP contribution in [0.15, 0.2) is 18.2 Å². The number of nitrogens with one attached hydrogen (secondary N) is 1. The highest BCUT2D eigenvalue weighted by atomic mass is 35.5. The molecule has 1 aromatic carbocycles. The molecule has 0 bridgehead atoms. The molecular weight excluding hydrogens is 243 g/mol. The van der Waals surface area contributed by atoms with Crippen LogP contribution in [0.2, 0.25) is 5.02 Å². The lowest BCUT2D eigenvalue weighted by Gasteiger charge is -2.37. The van der Waals surface area contributed by atoms with Gasteiger partial charge in [0, 0.05) is 13.2 Å². The van der Waals surface area contributed by atoms with Gasteiger partial charge in [0.2, 0.25) is 0 Å². The van der Waals surface area contributed by atoms with E-state index in [0.29, 0.717) is 23.9 Å². The molecule has 0 saturated carbocycles. The van der Waals surface area contributed by atoms with Crippen LogP contribution in [0.25, 0.3) is 0 Å². The number of ether oxygens (including phenoxy) is 1. The number of rotatable bonds is 3. The molecule has 1 saturated heterocycles. The fourth-order valence-electron chi connectivity index (χ4n) is 2.04. The van der Waals surface area contributed by atoms with Crippen LogP contribution in [-0.2, 0) is 4.74 Å². The fourth-order valence-corrected chi connectivity index (χ4v) is 2.21. The van der Waals surface area contributed by atoms with Gasteiger partial charge in [-0.25, -0.2) is 4.39 Å². The SMILES string of the molecule is NCC1(Nc2cc(F)ccc2Cl)CCCOC1. The lowest BCUT2D eigenvalue weighted by Crippen LogP contribution is -2.51. The molecule has 0 radical (unpaired) electrons. The Bertz CT molecular complexity index is 394. The topological polar surface area (TPSA) is 47.3 Å². The van der Waals surface area contributed by atoms with Crippen molar-refractivity contribution in [2.75, 3.05) is 25.1 Å². The molecule has 1 unspecified atom stereocenters. The van der Waals surface area contributed by atoms with Gasteiger partial charge in [-0.05, 0) is 31.0 Å². The van der Waals surface area contributed by atoms with Crippen molar-refractivity contribution in [1.29, 1.82) is 0 Å². The van der Waals surface area contributed by atoms with Crippen LogP contribution in [0.1, 0.15) is 12.8 Å². The van der Waals surface area contributed by atoms with Gasteiger partial charge in [-0.1, -0.05) is 11.6 Å². The Morgan fingerprint density at radius 2 is 2.35 bits per heavy atom. The van der Waals surface area contributed by atoms with E-state index >= 15 is 0 Å². The lowest BCUT2D eigenvalue weighted by atomic mass is 9.92. The minimum absolute atomic E-state index is 0.319. The summed E-state index contributed by atoms with van der Waals surface area (Å²) in [4.78, 5) is 0. The van der Waals surface area contributed by atoms with E-state index in [1.165, 1.54) is 18.2 Å². The summed E-state index contributed by atoms with van der Waals surface area (Å²) in [6, 6.07) is 4.25. The summed E-state index contributed by atoms with van der Waals surface area (Å²) < 4.78 is 18.6. The molecule has 0 aromatic heterocycles. The van der Waals surface area contributed by atoms with E-state index in [4.69, 9.17) is 22.1 Å². The van der Waals surface area contributed by atoms with Gasteiger partial charge in [0.15, 0.2) is 0 Å². The molecule has 3 nitrogen and oxygen atoms in total. The van der Waals surface area contributed by atoms with Crippen molar-refractivity contribution in [3.63, 3.8) is 0 Å². The first kappa shape index (κ1) is 12.6. The number of nitrogens with two attached hydrogens (primary N) is 1. The Kier molecular flexibility index (Phi) is 3.86. The number of halogens is 2. The summed E-state index contributed by atoms with van der Waals surface area (Å²) in [6.45, 7) is 1.70. The largest absolute Gasteiger partial charge is 0.379 e. The third kappa shape index (κ3) is 2.89. The first-order chi connectivity index (χ1) is 8.15. The number of anilines is 1. The van der Waals surface area contributed by atoms with E-state index in [1.807, 2.05) is 0 Å². The predicted molar refractivity (Wildman–Crippen MR) is 66.9 cm³/mol. The van der Waals surface area contributed by atoms with Gasteiger partial charge in [-0.3, -0.25) is 0 Å². The monoisotopic (exact) mass is 258 g/mol. The first-order valence-corrected chi connectivity index (χ1v) is 6.04. The highest BCUT2D eigenvalue weighted by Crippen LogP contribution is 2.29. The summed E-state index contributed by atoms with van der Waals surface area (Å²) >= 11 is 6.02. The zero-order valence-corrected chi connectivity index (χ0v) is 10.3. The summed E-state index contributed by atoms with van der Waals surface area (Å²) in [7, 11) is 0. The highest BCUT2D eigenvalue weighted by Gasteiger charge is 2.31. The summed E-state index contributed by atoms with van der Waals surface area (Å²) in [6.07, 6.45) is 1.84. The minimum Gasteiger partial charge on any atom is -0.379 e. The molecule has 17 heavy (non-hydrogen) atoms. The van der Waals surface area contributed by atoms with Gasteiger partial charge in [0.1, 0.15) is 5.82 Å². The second-order valence-electron chi connectivity index (χ2n) is 4.39. The van der Waals surface area contributed by atoms with Crippen LogP contribution in [0.3, 0.4) is 0 Å². The van der Waals surface area contributed by atoms with Crippen molar-refractivity contribution in [2.24, 2.45) is 5.73 Å². The lowest BCUT2D eigenvalue weighted by molar-refractivity contribution is 0.0502. The summed E-state index contributed by atoms with van der Waals surface area (Å²) in [5.41, 5.74) is 6.03. The molecule has 1 fully saturated rings. The van der Waals surface area contributed by atoms with Gasteiger partial charge < -0.3 is 15.8 Å². The van der Waals surface area contributed by atoms with Gasteiger partial charge in [-0.2, -0.15) is 0 Å². The summed E-state index contributed by atoms with van der Waals surface area (Å²) in [5.74, 6) is -0.319. The predicted octanol–water partition coefficient (Wildman–Crippen LogP) is 2.40. The van der Waals surface area contributed by atoms with Crippen LogP contribution in [0.5, 0.6) is 0 Å². The second kappa shape index (κ2) is 5.21. The van der Waals surface area contributed by atoms with E-state index in [2.05, 4.69) is 5.32 Å². The van der Waals surface area contributed by atoms with E-state index in [1.54, 1.807) is 0 Å². The second-order valence-corrected chi connectivity index (χ2v) is 4.80. The zero-order chi connectivity index (χ0) is 12.3. The zero-order valence-electron chi connectivity index (χ0n) is 9.51. The quantitative estimate of drug-likeness (QED) is 0.875. The summed E-state index contributed by atoms with van der Waals surface area (Å²) in [5, 5.41) is 3.72. The Morgan fingerprint density at radius 3 is 3.00 bits per heavy atom. The smallest absolute Gasteiger partial charge is 0.125 e.